The molecule has 0 bridgehead atoms. The lowest BCUT2D eigenvalue weighted by Gasteiger charge is -2.22. The monoisotopic (exact) mass is 492 g/mol. The molecule has 0 heterocycles. The average Bonchev–Trinajstić information content (AvgIpc) is 2.90. The molecule has 6 N–H and O–H groups in total. The van der Waals surface area contributed by atoms with Gasteiger partial charge in [0, 0.05) is 19.5 Å². The number of rotatable bonds is 11. The number of carbonyl (C=O) groups excluding carboxylic acids is 3. The number of hydrogen-bond donors (Lipinski definition) is 5. The molecule has 3 unspecified atom stereocenters. The molecule has 0 saturated heterocycles. The molecule has 0 fully saturated rings. The molecule has 3 atom stereocenters. The summed E-state index contributed by atoms with van der Waals surface area (Å²) in [6, 6.07) is 20.9. The first-order chi connectivity index (χ1) is 17.4. The molecule has 36 heavy (non-hydrogen) atoms. The first-order valence-corrected chi connectivity index (χ1v) is 11.8. The van der Waals surface area contributed by atoms with E-state index in [1.54, 1.807) is 0 Å². The zero-order valence-corrected chi connectivity index (χ0v) is 20.1. The third kappa shape index (κ3) is 8.07. The fourth-order valence-corrected chi connectivity index (χ4v) is 3.54. The molecule has 0 radical (unpaired) electrons. The predicted molar refractivity (Wildman–Crippen MR) is 137 cm³/mol. The van der Waals surface area contributed by atoms with Gasteiger partial charge in [-0.25, -0.2) is 4.79 Å². The van der Waals surface area contributed by atoms with E-state index in [1.807, 2.05) is 72.8 Å². The van der Waals surface area contributed by atoms with E-state index in [4.69, 9.17) is 10.5 Å². The first kappa shape index (κ1) is 26.7. The largest absolute Gasteiger partial charge is 0.445 e. The Hall–Kier alpha value is -3.95. The van der Waals surface area contributed by atoms with Crippen molar-refractivity contribution < 1.29 is 24.2 Å². The molecule has 3 rings (SSSR count). The number of nitrogens with one attached hydrogen (secondary N) is 3. The first-order valence-electron chi connectivity index (χ1n) is 11.8. The van der Waals surface area contributed by atoms with Crippen LogP contribution in [0.5, 0.6) is 0 Å². The highest BCUT2D eigenvalue weighted by Crippen LogP contribution is 2.17. The van der Waals surface area contributed by atoms with E-state index in [0.717, 1.165) is 21.9 Å². The van der Waals surface area contributed by atoms with Gasteiger partial charge in [0.15, 0.2) is 0 Å². The number of alkyl carbamates (subject to hydrolysis) is 1. The fraction of sp³-hybridized carbons (Fsp3) is 0.296. The average molecular weight is 493 g/mol. The van der Waals surface area contributed by atoms with Crippen LogP contribution in [0, 0.1) is 0 Å². The Bertz CT molecular complexity index is 1170. The second-order valence-corrected chi connectivity index (χ2v) is 8.51. The van der Waals surface area contributed by atoms with Crippen LogP contribution in [-0.4, -0.2) is 54.3 Å². The van der Waals surface area contributed by atoms with Crippen molar-refractivity contribution in [3.05, 3.63) is 83.9 Å². The Kier molecular flexibility index (Phi) is 9.79. The highest BCUT2D eigenvalue weighted by molar-refractivity contribution is 5.91. The van der Waals surface area contributed by atoms with Crippen LogP contribution < -0.4 is 21.7 Å². The summed E-state index contributed by atoms with van der Waals surface area (Å²) in [6.07, 6.45) is -1.43. The van der Waals surface area contributed by atoms with Crippen LogP contribution in [-0.2, 0) is 27.4 Å². The number of fused-ring (bicyclic) bond motifs is 1. The summed E-state index contributed by atoms with van der Waals surface area (Å²) < 4.78 is 5.17. The highest BCUT2D eigenvalue weighted by Gasteiger charge is 2.25. The molecule has 3 aromatic carbocycles. The summed E-state index contributed by atoms with van der Waals surface area (Å²) in [7, 11) is 0. The van der Waals surface area contributed by atoms with Gasteiger partial charge in [0.05, 0.1) is 6.10 Å². The Morgan fingerprint density at radius 3 is 2.31 bits per heavy atom. The SMILES string of the molecule is CC(NC(=O)OCc1ccccc1)C(=O)NC(Cc1ccc2ccccc2c1)C(=O)NCC(O)CN. The Morgan fingerprint density at radius 1 is 0.889 bits per heavy atom. The minimum Gasteiger partial charge on any atom is -0.445 e. The summed E-state index contributed by atoms with van der Waals surface area (Å²) in [5.74, 6) is -1.02. The smallest absolute Gasteiger partial charge is 0.408 e. The maximum Gasteiger partial charge on any atom is 0.408 e. The van der Waals surface area contributed by atoms with Crippen LogP contribution in [0.2, 0.25) is 0 Å². The van der Waals surface area contributed by atoms with Crippen molar-refractivity contribution in [1.82, 2.24) is 16.0 Å². The van der Waals surface area contributed by atoms with Gasteiger partial charge in [0.25, 0.3) is 0 Å². The van der Waals surface area contributed by atoms with Crippen LogP contribution in [0.3, 0.4) is 0 Å². The van der Waals surface area contributed by atoms with E-state index in [1.165, 1.54) is 6.92 Å². The van der Waals surface area contributed by atoms with E-state index in [9.17, 15) is 19.5 Å². The van der Waals surface area contributed by atoms with Crippen LogP contribution in [0.25, 0.3) is 10.8 Å². The van der Waals surface area contributed by atoms with Gasteiger partial charge in [-0.05, 0) is 28.8 Å². The van der Waals surface area contributed by atoms with E-state index in [-0.39, 0.29) is 26.1 Å². The highest BCUT2D eigenvalue weighted by atomic mass is 16.5. The van der Waals surface area contributed by atoms with Gasteiger partial charge in [-0.3, -0.25) is 9.59 Å². The topological polar surface area (TPSA) is 143 Å². The zero-order chi connectivity index (χ0) is 25.9. The molecule has 0 aromatic heterocycles. The zero-order valence-electron chi connectivity index (χ0n) is 20.1. The number of ether oxygens (including phenoxy) is 1. The molecule has 0 saturated carbocycles. The summed E-state index contributed by atoms with van der Waals surface area (Å²) in [6.45, 7) is 1.52. The molecule has 0 aliphatic heterocycles. The lowest BCUT2D eigenvalue weighted by Crippen LogP contribution is -2.54. The second kappa shape index (κ2) is 13.2. The molecule has 9 heteroatoms. The van der Waals surface area contributed by atoms with Gasteiger partial charge < -0.3 is 31.5 Å². The van der Waals surface area contributed by atoms with Crippen LogP contribution in [0.4, 0.5) is 4.79 Å². The van der Waals surface area contributed by atoms with E-state index >= 15 is 0 Å². The number of aliphatic hydroxyl groups is 1. The molecule has 3 amide bonds. The number of carbonyl (C=O) groups is 3. The lowest BCUT2D eigenvalue weighted by molar-refractivity contribution is -0.130. The lowest BCUT2D eigenvalue weighted by atomic mass is 10.0. The van der Waals surface area contributed by atoms with Crippen molar-refractivity contribution in [3.63, 3.8) is 0 Å². The Labute approximate surface area is 210 Å². The number of hydrogen-bond acceptors (Lipinski definition) is 6. The molecule has 0 aliphatic rings. The molecule has 0 aliphatic carbocycles. The third-order valence-corrected chi connectivity index (χ3v) is 5.61. The van der Waals surface area contributed by atoms with Gasteiger partial charge in [-0.1, -0.05) is 72.8 Å². The maximum atomic E-state index is 12.9. The standard InChI is InChI=1S/C27H32N4O5/c1-18(30-27(35)36-17-19-7-3-2-4-8-19)25(33)31-24(26(34)29-16-23(32)15-28)14-20-11-12-21-9-5-6-10-22(21)13-20/h2-13,18,23-24,32H,14-17,28H2,1H3,(H,29,34)(H,30,35)(H,31,33). The quantitative estimate of drug-likeness (QED) is 0.275. The summed E-state index contributed by atoms with van der Waals surface area (Å²) >= 11 is 0. The Morgan fingerprint density at radius 2 is 1.58 bits per heavy atom. The van der Waals surface area contributed by atoms with Gasteiger partial charge in [-0.15, -0.1) is 0 Å². The fourth-order valence-electron chi connectivity index (χ4n) is 3.54. The maximum absolute atomic E-state index is 12.9. The van der Waals surface area contributed by atoms with Gasteiger partial charge in [0.2, 0.25) is 11.8 Å². The molecule has 190 valence electrons. The summed E-state index contributed by atoms with van der Waals surface area (Å²) in [4.78, 5) is 37.9. The Balaban J connectivity index is 1.63. The molecular weight excluding hydrogens is 460 g/mol. The number of benzene rings is 3. The summed E-state index contributed by atoms with van der Waals surface area (Å²) in [5.41, 5.74) is 7.08. The van der Waals surface area contributed by atoms with Crippen molar-refractivity contribution in [2.45, 2.75) is 38.1 Å². The summed E-state index contributed by atoms with van der Waals surface area (Å²) in [5, 5.41) is 19.6. The van der Waals surface area contributed by atoms with E-state index in [0.29, 0.717) is 0 Å². The molecule has 3 aromatic rings. The number of amides is 3. The second-order valence-electron chi connectivity index (χ2n) is 8.51. The molecule has 0 spiro atoms. The number of aliphatic hydroxyl groups excluding tert-OH is 1. The van der Waals surface area contributed by atoms with Crippen molar-refractivity contribution in [2.24, 2.45) is 5.73 Å². The minimum absolute atomic E-state index is 0.00593. The van der Waals surface area contributed by atoms with Crippen LogP contribution in [0.1, 0.15) is 18.1 Å². The third-order valence-electron chi connectivity index (χ3n) is 5.61. The van der Waals surface area contributed by atoms with Gasteiger partial charge >= 0.3 is 6.09 Å². The minimum atomic E-state index is -0.949. The van der Waals surface area contributed by atoms with Gasteiger partial charge in [-0.2, -0.15) is 0 Å². The van der Waals surface area contributed by atoms with Crippen LogP contribution >= 0.6 is 0 Å². The van der Waals surface area contributed by atoms with Crippen molar-refractivity contribution >= 4 is 28.7 Å². The van der Waals surface area contributed by atoms with Crippen molar-refractivity contribution in [1.29, 1.82) is 0 Å². The normalized spacial score (nSPS) is 13.3. The van der Waals surface area contributed by atoms with Gasteiger partial charge in [0.1, 0.15) is 18.7 Å². The number of nitrogens with two attached hydrogens (primary N) is 1. The van der Waals surface area contributed by atoms with Crippen molar-refractivity contribution in [3.8, 4) is 0 Å². The predicted octanol–water partition coefficient (Wildman–Crippen LogP) is 1.62. The molecule has 9 nitrogen and oxygen atoms in total. The van der Waals surface area contributed by atoms with Crippen molar-refractivity contribution in [2.75, 3.05) is 13.1 Å². The molecular formula is C27H32N4O5. The van der Waals surface area contributed by atoms with Crippen LogP contribution in [0.15, 0.2) is 72.8 Å². The van der Waals surface area contributed by atoms with E-state index in [2.05, 4.69) is 16.0 Å². The van der Waals surface area contributed by atoms with E-state index < -0.39 is 36.1 Å².